The second kappa shape index (κ2) is 11.8. The van der Waals surface area contributed by atoms with E-state index < -0.39 is 5.60 Å². The first-order valence-electron chi connectivity index (χ1n) is 14.0. The average Bonchev–Trinajstić information content (AvgIpc) is 3.38. The van der Waals surface area contributed by atoms with E-state index in [2.05, 4.69) is 20.1 Å². The Kier molecular flexibility index (Phi) is 8.21. The number of rotatable bonds is 8. The molecule has 3 aromatic rings. The summed E-state index contributed by atoms with van der Waals surface area (Å²) in [5, 5.41) is 9.13. The summed E-state index contributed by atoms with van der Waals surface area (Å²) in [6, 6.07) is 14.4. The summed E-state index contributed by atoms with van der Waals surface area (Å²) in [7, 11) is 1.60. The van der Waals surface area contributed by atoms with Crippen molar-refractivity contribution in [1.29, 1.82) is 0 Å². The lowest BCUT2D eigenvalue weighted by atomic mass is 9.90. The number of aromatic nitrogens is 3. The molecule has 9 heteroatoms. The third-order valence-corrected chi connectivity index (χ3v) is 7.44. The molecule has 1 aliphatic carbocycles. The molecule has 1 atom stereocenters. The number of pyridine rings is 1. The lowest BCUT2D eigenvalue weighted by Crippen LogP contribution is -2.52. The first kappa shape index (κ1) is 27.8. The van der Waals surface area contributed by atoms with Gasteiger partial charge >= 0.3 is 6.09 Å². The van der Waals surface area contributed by atoms with Gasteiger partial charge in [0.1, 0.15) is 11.4 Å². The van der Waals surface area contributed by atoms with Crippen LogP contribution in [0.2, 0.25) is 0 Å². The topological polar surface area (TPSA) is 89.9 Å². The lowest BCUT2D eigenvalue weighted by Gasteiger charge is -2.41. The van der Waals surface area contributed by atoms with Crippen molar-refractivity contribution in [3.05, 3.63) is 54.4 Å². The normalized spacial score (nSPS) is 17.4. The number of ether oxygens (including phenoxy) is 3. The standard InChI is InChI=1S/C31H39N5O4/c1-21-9-10-23(18-32-21)22-11-12-26(28(17-22)39-20-38-5)27-13-14-29(34-33-27)35-16-15-25(19-35)36(24-7-6-8-24)30(37)40-31(2,3)4/h9-14,17-18,24-25H,6-8,15-16,19-20H2,1-5H3/t25-/m1/s1. The molecule has 1 aliphatic heterocycles. The molecule has 0 radical (unpaired) electrons. The van der Waals surface area contributed by atoms with E-state index in [9.17, 15) is 4.79 Å². The summed E-state index contributed by atoms with van der Waals surface area (Å²) < 4.78 is 16.9. The van der Waals surface area contributed by atoms with Crippen LogP contribution in [0.15, 0.2) is 48.7 Å². The van der Waals surface area contributed by atoms with E-state index in [1.807, 2.05) is 81.3 Å². The molecule has 2 aromatic heterocycles. The number of anilines is 1. The van der Waals surface area contributed by atoms with Crippen LogP contribution < -0.4 is 9.64 Å². The number of hydrogen-bond donors (Lipinski definition) is 0. The highest BCUT2D eigenvalue weighted by Crippen LogP contribution is 2.35. The number of aryl methyl sites for hydroxylation is 1. The van der Waals surface area contributed by atoms with Gasteiger partial charge in [-0.15, -0.1) is 10.2 Å². The molecular formula is C31H39N5O4. The van der Waals surface area contributed by atoms with Crippen LogP contribution in [0.1, 0.15) is 52.1 Å². The van der Waals surface area contributed by atoms with Gasteiger partial charge in [-0.2, -0.15) is 0 Å². The van der Waals surface area contributed by atoms with Crippen LogP contribution >= 0.6 is 0 Å². The van der Waals surface area contributed by atoms with Gasteiger partial charge in [-0.3, -0.25) is 4.98 Å². The van der Waals surface area contributed by atoms with E-state index in [1.54, 1.807) is 7.11 Å². The number of benzene rings is 1. The van der Waals surface area contributed by atoms with Crippen LogP contribution in [-0.4, -0.2) is 70.9 Å². The summed E-state index contributed by atoms with van der Waals surface area (Å²) in [5.41, 5.74) is 4.00. The fraction of sp³-hybridized carbons (Fsp3) is 0.484. The summed E-state index contributed by atoms with van der Waals surface area (Å²) >= 11 is 0. The first-order chi connectivity index (χ1) is 19.2. The molecule has 2 aliphatic rings. The number of hydrogen-bond acceptors (Lipinski definition) is 8. The Labute approximate surface area is 236 Å². The quantitative estimate of drug-likeness (QED) is 0.325. The van der Waals surface area contributed by atoms with Crippen molar-refractivity contribution in [2.75, 3.05) is 31.9 Å². The Morgan fingerprint density at radius 3 is 2.45 bits per heavy atom. The molecule has 1 aromatic carbocycles. The van der Waals surface area contributed by atoms with Crippen LogP contribution in [0, 0.1) is 6.92 Å². The van der Waals surface area contributed by atoms with Crippen LogP contribution in [-0.2, 0) is 9.47 Å². The molecule has 0 N–H and O–H groups in total. The third-order valence-electron chi connectivity index (χ3n) is 7.44. The number of amides is 1. The average molecular weight is 546 g/mol. The molecule has 1 amide bonds. The van der Waals surface area contributed by atoms with Crippen LogP contribution in [0.5, 0.6) is 5.75 Å². The fourth-order valence-electron chi connectivity index (χ4n) is 5.18. The van der Waals surface area contributed by atoms with Crippen LogP contribution in [0.25, 0.3) is 22.4 Å². The highest BCUT2D eigenvalue weighted by Gasteiger charge is 2.40. The highest BCUT2D eigenvalue weighted by atomic mass is 16.7. The van der Waals surface area contributed by atoms with E-state index in [-0.39, 0.29) is 25.0 Å². The third kappa shape index (κ3) is 6.36. The van der Waals surface area contributed by atoms with E-state index in [1.165, 1.54) is 0 Å². The smallest absolute Gasteiger partial charge is 0.410 e. The summed E-state index contributed by atoms with van der Waals surface area (Å²) in [6.07, 6.45) is 5.76. The van der Waals surface area contributed by atoms with Gasteiger partial charge in [-0.1, -0.05) is 12.1 Å². The van der Waals surface area contributed by atoms with Gasteiger partial charge in [0.2, 0.25) is 0 Å². The van der Waals surface area contributed by atoms with E-state index >= 15 is 0 Å². The molecule has 3 heterocycles. The molecule has 0 bridgehead atoms. The zero-order valence-electron chi connectivity index (χ0n) is 24.1. The fourth-order valence-corrected chi connectivity index (χ4v) is 5.18. The largest absolute Gasteiger partial charge is 0.467 e. The molecule has 1 saturated heterocycles. The van der Waals surface area contributed by atoms with Crippen LogP contribution in [0.4, 0.5) is 10.6 Å². The monoisotopic (exact) mass is 545 g/mol. The molecule has 212 valence electrons. The van der Waals surface area contributed by atoms with Gasteiger partial charge in [-0.25, -0.2) is 4.79 Å². The zero-order chi connectivity index (χ0) is 28.3. The summed E-state index contributed by atoms with van der Waals surface area (Å²) in [5.74, 6) is 1.46. The van der Waals surface area contributed by atoms with Crippen molar-refractivity contribution in [2.45, 2.75) is 71.1 Å². The maximum Gasteiger partial charge on any atom is 0.410 e. The molecule has 0 unspecified atom stereocenters. The van der Waals surface area contributed by atoms with Crippen molar-refractivity contribution in [3.8, 4) is 28.1 Å². The molecule has 0 spiro atoms. The van der Waals surface area contributed by atoms with Gasteiger partial charge in [0, 0.05) is 49.3 Å². The highest BCUT2D eigenvalue weighted by molar-refractivity contribution is 5.74. The van der Waals surface area contributed by atoms with Gasteiger partial charge in [0.25, 0.3) is 0 Å². The van der Waals surface area contributed by atoms with Crippen molar-refractivity contribution < 1.29 is 19.0 Å². The molecule has 40 heavy (non-hydrogen) atoms. The van der Waals surface area contributed by atoms with Crippen LogP contribution in [0.3, 0.4) is 0 Å². The minimum atomic E-state index is -0.514. The maximum absolute atomic E-state index is 13.1. The Bertz CT molecular complexity index is 1300. The van der Waals surface area contributed by atoms with Gasteiger partial charge in [-0.05, 0) is 89.3 Å². The van der Waals surface area contributed by atoms with Gasteiger partial charge in [0.15, 0.2) is 12.6 Å². The van der Waals surface area contributed by atoms with Gasteiger partial charge in [0.05, 0.1) is 11.7 Å². The number of methoxy groups -OCH3 is 1. The predicted octanol–water partition coefficient (Wildman–Crippen LogP) is 5.87. The van der Waals surface area contributed by atoms with E-state index in [0.717, 1.165) is 60.4 Å². The number of nitrogens with zero attached hydrogens (tertiary/aromatic N) is 5. The SMILES string of the molecule is COCOc1cc(-c2ccc(C)nc2)ccc1-c1ccc(N2CC[C@@H](N(C(=O)OC(C)(C)C)C3CCC3)C2)nn1. The first-order valence-corrected chi connectivity index (χ1v) is 14.0. The number of carbonyl (C=O) groups is 1. The summed E-state index contributed by atoms with van der Waals surface area (Å²) in [4.78, 5) is 21.7. The van der Waals surface area contributed by atoms with Crippen molar-refractivity contribution in [2.24, 2.45) is 0 Å². The second-order valence-corrected chi connectivity index (χ2v) is 11.6. The Balaban J connectivity index is 1.32. The minimum absolute atomic E-state index is 0.0967. The molecule has 9 nitrogen and oxygen atoms in total. The van der Waals surface area contributed by atoms with E-state index in [4.69, 9.17) is 14.2 Å². The molecule has 2 fully saturated rings. The Morgan fingerprint density at radius 2 is 1.82 bits per heavy atom. The van der Waals surface area contributed by atoms with Crippen molar-refractivity contribution in [3.63, 3.8) is 0 Å². The molecular weight excluding hydrogens is 506 g/mol. The van der Waals surface area contributed by atoms with Crippen molar-refractivity contribution >= 4 is 11.9 Å². The predicted molar refractivity (Wildman–Crippen MR) is 154 cm³/mol. The second-order valence-electron chi connectivity index (χ2n) is 11.6. The number of carbonyl (C=O) groups excluding carboxylic acids is 1. The zero-order valence-corrected chi connectivity index (χ0v) is 24.1. The minimum Gasteiger partial charge on any atom is -0.467 e. The Morgan fingerprint density at radius 1 is 1.02 bits per heavy atom. The lowest BCUT2D eigenvalue weighted by molar-refractivity contribution is -0.00351. The van der Waals surface area contributed by atoms with Gasteiger partial charge < -0.3 is 24.0 Å². The van der Waals surface area contributed by atoms with Crippen molar-refractivity contribution in [1.82, 2.24) is 20.1 Å². The maximum atomic E-state index is 13.1. The molecule has 1 saturated carbocycles. The van der Waals surface area contributed by atoms with E-state index in [0.29, 0.717) is 18.0 Å². The molecule has 5 rings (SSSR count). The summed E-state index contributed by atoms with van der Waals surface area (Å²) in [6.45, 7) is 9.37. The Hall–Kier alpha value is -3.72.